The third-order valence-electron chi connectivity index (χ3n) is 3.43. The standard InChI is InChI=1S/C13H20N4O/c1-9(18-3)11(16-14)8-13-15-10-6-4-5-7-12(10)17(13)2/h4-7,9,11,16H,8,14H2,1-3H3. The molecule has 0 amide bonds. The van der Waals surface area contributed by atoms with Crippen molar-refractivity contribution in [2.45, 2.75) is 25.5 Å². The molecule has 0 aliphatic rings. The van der Waals surface area contributed by atoms with Crippen molar-refractivity contribution in [1.82, 2.24) is 15.0 Å². The predicted octanol–water partition coefficient (Wildman–Crippen LogP) is 0.983. The number of hydrogen-bond acceptors (Lipinski definition) is 4. The molecule has 0 saturated heterocycles. The zero-order chi connectivity index (χ0) is 13.1. The molecule has 3 N–H and O–H groups in total. The number of nitrogens with one attached hydrogen (secondary N) is 1. The fourth-order valence-corrected chi connectivity index (χ4v) is 2.10. The largest absolute Gasteiger partial charge is 0.380 e. The van der Waals surface area contributed by atoms with E-state index in [0.29, 0.717) is 0 Å². The van der Waals surface area contributed by atoms with Crippen LogP contribution in [0.2, 0.25) is 0 Å². The lowest BCUT2D eigenvalue weighted by molar-refractivity contribution is 0.0823. The molecule has 0 aliphatic heterocycles. The first-order valence-corrected chi connectivity index (χ1v) is 6.06. The van der Waals surface area contributed by atoms with Crippen molar-refractivity contribution in [3.63, 3.8) is 0 Å². The summed E-state index contributed by atoms with van der Waals surface area (Å²) in [6.07, 6.45) is 0.770. The van der Waals surface area contributed by atoms with Crippen LogP contribution < -0.4 is 11.3 Å². The number of nitrogens with zero attached hydrogens (tertiary/aromatic N) is 2. The monoisotopic (exact) mass is 248 g/mol. The molecule has 1 heterocycles. The lowest BCUT2D eigenvalue weighted by atomic mass is 10.1. The molecule has 0 spiro atoms. The molecular weight excluding hydrogens is 228 g/mol. The molecule has 0 saturated carbocycles. The summed E-state index contributed by atoms with van der Waals surface area (Å²) >= 11 is 0. The summed E-state index contributed by atoms with van der Waals surface area (Å²) in [5.41, 5.74) is 4.94. The van der Waals surface area contributed by atoms with Crippen LogP contribution in [0.25, 0.3) is 11.0 Å². The number of para-hydroxylation sites is 2. The van der Waals surface area contributed by atoms with Crippen molar-refractivity contribution in [2.75, 3.05) is 7.11 Å². The summed E-state index contributed by atoms with van der Waals surface area (Å²) in [6.45, 7) is 1.99. The van der Waals surface area contributed by atoms with Crippen LogP contribution in [0.4, 0.5) is 0 Å². The molecule has 2 aromatic rings. The van der Waals surface area contributed by atoms with Crippen molar-refractivity contribution in [1.29, 1.82) is 0 Å². The Morgan fingerprint density at radius 3 is 2.78 bits per heavy atom. The van der Waals surface area contributed by atoms with Gasteiger partial charge in [0, 0.05) is 20.6 Å². The highest BCUT2D eigenvalue weighted by atomic mass is 16.5. The van der Waals surface area contributed by atoms with E-state index in [1.807, 2.05) is 32.2 Å². The van der Waals surface area contributed by atoms with Gasteiger partial charge in [-0.3, -0.25) is 11.3 Å². The van der Waals surface area contributed by atoms with Crippen LogP contribution in [-0.2, 0) is 18.2 Å². The molecule has 0 fully saturated rings. The molecule has 98 valence electrons. The number of rotatable bonds is 5. The van der Waals surface area contributed by atoms with Crippen LogP contribution in [-0.4, -0.2) is 28.8 Å². The molecule has 5 heteroatoms. The lowest BCUT2D eigenvalue weighted by Crippen LogP contribution is -2.45. The Labute approximate surface area is 107 Å². The molecule has 2 atom stereocenters. The fraction of sp³-hybridized carbons (Fsp3) is 0.462. The molecule has 18 heavy (non-hydrogen) atoms. The third-order valence-corrected chi connectivity index (χ3v) is 3.43. The van der Waals surface area contributed by atoms with Gasteiger partial charge >= 0.3 is 0 Å². The molecule has 5 nitrogen and oxygen atoms in total. The van der Waals surface area contributed by atoms with E-state index in [1.54, 1.807) is 7.11 Å². The molecule has 2 rings (SSSR count). The summed E-state index contributed by atoms with van der Waals surface area (Å²) in [4.78, 5) is 4.63. The molecule has 0 radical (unpaired) electrons. The lowest BCUT2D eigenvalue weighted by Gasteiger charge is -2.21. The highest BCUT2D eigenvalue weighted by Crippen LogP contribution is 2.16. The van der Waals surface area contributed by atoms with E-state index in [1.165, 1.54) is 0 Å². The normalized spacial score (nSPS) is 14.9. The van der Waals surface area contributed by atoms with Gasteiger partial charge in [0.2, 0.25) is 0 Å². The van der Waals surface area contributed by atoms with Gasteiger partial charge in [-0.25, -0.2) is 4.98 Å². The van der Waals surface area contributed by atoms with E-state index < -0.39 is 0 Å². The van der Waals surface area contributed by atoms with E-state index in [0.717, 1.165) is 23.3 Å². The second-order valence-electron chi connectivity index (χ2n) is 4.49. The number of aromatic nitrogens is 2. The highest BCUT2D eigenvalue weighted by molar-refractivity contribution is 5.75. The molecule has 0 bridgehead atoms. The van der Waals surface area contributed by atoms with Gasteiger partial charge in [-0.1, -0.05) is 12.1 Å². The van der Waals surface area contributed by atoms with Crippen LogP contribution in [0, 0.1) is 0 Å². The maximum Gasteiger partial charge on any atom is 0.111 e. The van der Waals surface area contributed by atoms with Gasteiger partial charge in [-0.2, -0.15) is 0 Å². The predicted molar refractivity (Wildman–Crippen MR) is 72.0 cm³/mol. The van der Waals surface area contributed by atoms with Crippen LogP contribution in [0.15, 0.2) is 24.3 Å². The quantitative estimate of drug-likeness (QED) is 0.611. The minimum atomic E-state index is 0.0369. The van der Waals surface area contributed by atoms with Gasteiger partial charge in [0.25, 0.3) is 0 Å². The number of nitrogens with two attached hydrogens (primary N) is 1. The van der Waals surface area contributed by atoms with Crippen molar-refractivity contribution < 1.29 is 4.74 Å². The zero-order valence-electron chi connectivity index (χ0n) is 11.1. The van der Waals surface area contributed by atoms with E-state index in [2.05, 4.69) is 21.0 Å². The summed E-state index contributed by atoms with van der Waals surface area (Å²) in [6, 6.07) is 8.14. The Balaban J connectivity index is 2.28. The number of hydrazine groups is 1. The average Bonchev–Trinajstić information content (AvgIpc) is 2.72. The van der Waals surface area contributed by atoms with Crippen LogP contribution in [0.3, 0.4) is 0 Å². The number of fused-ring (bicyclic) bond motifs is 1. The number of benzene rings is 1. The number of aryl methyl sites for hydroxylation is 1. The maximum absolute atomic E-state index is 5.57. The van der Waals surface area contributed by atoms with Crippen molar-refractivity contribution in [3.8, 4) is 0 Å². The maximum atomic E-state index is 5.57. The smallest absolute Gasteiger partial charge is 0.111 e. The Morgan fingerprint density at radius 1 is 1.44 bits per heavy atom. The number of methoxy groups -OCH3 is 1. The second kappa shape index (κ2) is 5.48. The Bertz CT molecular complexity index is 523. The van der Waals surface area contributed by atoms with Gasteiger partial charge in [-0.15, -0.1) is 0 Å². The number of hydrogen-bond donors (Lipinski definition) is 2. The SMILES string of the molecule is COC(C)C(Cc1nc2ccccc2n1C)NN. The first-order chi connectivity index (χ1) is 8.67. The Morgan fingerprint density at radius 2 is 2.17 bits per heavy atom. The third kappa shape index (κ3) is 2.38. The number of imidazole rings is 1. The van der Waals surface area contributed by atoms with Gasteiger partial charge < -0.3 is 9.30 Å². The average molecular weight is 248 g/mol. The summed E-state index contributed by atoms with van der Waals surface area (Å²) in [7, 11) is 3.71. The topological polar surface area (TPSA) is 65.1 Å². The van der Waals surface area contributed by atoms with Crippen molar-refractivity contribution in [2.24, 2.45) is 12.9 Å². The van der Waals surface area contributed by atoms with E-state index in [9.17, 15) is 0 Å². The Kier molecular flexibility index (Phi) is 3.96. The first-order valence-electron chi connectivity index (χ1n) is 6.06. The highest BCUT2D eigenvalue weighted by Gasteiger charge is 2.19. The van der Waals surface area contributed by atoms with Crippen LogP contribution in [0.5, 0.6) is 0 Å². The fourth-order valence-electron chi connectivity index (χ4n) is 2.10. The van der Waals surface area contributed by atoms with E-state index >= 15 is 0 Å². The van der Waals surface area contributed by atoms with Gasteiger partial charge in [0.15, 0.2) is 0 Å². The molecular formula is C13H20N4O. The second-order valence-corrected chi connectivity index (χ2v) is 4.49. The van der Waals surface area contributed by atoms with Gasteiger partial charge in [0.1, 0.15) is 5.82 Å². The zero-order valence-corrected chi connectivity index (χ0v) is 11.1. The summed E-state index contributed by atoms with van der Waals surface area (Å²) in [5, 5.41) is 0. The first kappa shape index (κ1) is 13.0. The Hall–Kier alpha value is -1.43. The van der Waals surface area contributed by atoms with Gasteiger partial charge in [-0.05, 0) is 19.1 Å². The van der Waals surface area contributed by atoms with Gasteiger partial charge in [0.05, 0.1) is 23.2 Å². The van der Waals surface area contributed by atoms with E-state index in [-0.39, 0.29) is 12.1 Å². The summed E-state index contributed by atoms with van der Waals surface area (Å²) in [5.74, 6) is 6.58. The minimum absolute atomic E-state index is 0.0369. The summed E-state index contributed by atoms with van der Waals surface area (Å²) < 4.78 is 7.41. The van der Waals surface area contributed by atoms with Crippen molar-refractivity contribution in [3.05, 3.63) is 30.1 Å². The van der Waals surface area contributed by atoms with Crippen molar-refractivity contribution >= 4 is 11.0 Å². The number of ether oxygens (including phenoxy) is 1. The molecule has 1 aromatic carbocycles. The minimum Gasteiger partial charge on any atom is -0.380 e. The van der Waals surface area contributed by atoms with E-state index in [4.69, 9.17) is 10.6 Å². The van der Waals surface area contributed by atoms with Crippen LogP contribution in [0.1, 0.15) is 12.7 Å². The molecule has 1 aromatic heterocycles. The van der Waals surface area contributed by atoms with Crippen LogP contribution >= 0.6 is 0 Å². The molecule has 2 unspecified atom stereocenters. The molecule has 0 aliphatic carbocycles.